The lowest BCUT2D eigenvalue weighted by Gasteiger charge is -2.23. The molecule has 0 atom stereocenters. The van der Waals surface area contributed by atoms with E-state index in [1.165, 1.54) is 14.2 Å². The van der Waals surface area contributed by atoms with E-state index in [-0.39, 0.29) is 22.6 Å². The number of esters is 2. The third kappa shape index (κ3) is 13.9. The second kappa shape index (κ2) is 32.6. The van der Waals surface area contributed by atoms with Gasteiger partial charge in [0.1, 0.15) is 57.1 Å². The number of carbonyl (C=O) groups excluding carboxylic acids is 2. The summed E-state index contributed by atoms with van der Waals surface area (Å²) in [6.07, 6.45) is 0. The van der Waals surface area contributed by atoms with Gasteiger partial charge in [0.25, 0.3) is 0 Å². The van der Waals surface area contributed by atoms with Crippen LogP contribution in [0.3, 0.4) is 0 Å². The van der Waals surface area contributed by atoms with Gasteiger partial charge in [0.05, 0.1) is 25.3 Å². The molecule has 2 N–H and O–H groups in total. The van der Waals surface area contributed by atoms with Gasteiger partial charge in [0, 0.05) is 66.1 Å². The third-order valence-electron chi connectivity index (χ3n) is 22.5. The molecule has 0 bridgehead atoms. The highest BCUT2D eigenvalue weighted by Gasteiger charge is 2.31. The summed E-state index contributed by atoms with van der Waals surface area (Å²) < 4.78 is 39.5. The minimum Gasteiger partial charge on any atom is -0.478 e. The van der Waals surface area contributed by atoms with E-state index in [1.54, 1.807) is 12.1 Å². The molecule has 584 valence electrons. The Hall–Kier alpha value is -16.4. The number of benzene rings is 20. The Kier molecular flexibility index (Phi) is 20.2. The van der Waals surface area contributed by atoms with E-state index in [1.807, 2.05) is 340 Å². The number of hydrogen-bond acceptors (Lipinski definition) is 10. The van der Waals surface area contributed by atoms with Gasteiger partial charge >= 0.3 is 23.9 Å². The highest BCUT2D eigenvalue weighted by atomic mass is 16.5. The zero-order valence-electron chi connectivity index (χ0n) is 65.9. The van der Waals surface area contributed by atoms with Crippen molar-refractivity contribution in [1.82, 2.24) is 0 Å². The van der Waals surface area contributed by atoms with Crippen LogP contribution in [0.2, 0.25) is 0 Å². The topological polar surface area (TPSA) is 164 Å². The zero-order valence-corrected chi connectivity index (χ0v) is 65.9. The number of rotatable bonds is 18. The molecule has 0 heterocycles. The van der Waals surface area contributed by atoms with Gasteiger partial charge in [0.2, 0.25) is 0 Å². The van der Waals surface area contributed by atoms with E-state index in [0.717, 1.165) is 109 Å². The molecule has 12 nitrogen and oxygen atoms in total. The van der Waals surface area contributed by atoms with Crippen molar-refractivity contribution >= 4 is 110 Å². The van der Waals surface area contributed by atoms with Crippen LogP contribution in [0.1, 0.15) is 41.4 Å². The Labute approximate surface area is 701 Å². The van der Waals surface area contributed by atoms with Crippen molar-refractivity contribution in [2.24, 2.45) is 0 Å². The highest BCUT2D eigenvalue weighted by Crippen LogP contribution is 2.55. The minimum absolute atomic E-state index is 0.0372. The van der Waals surface area contributed by atoms with E-state index in [4.69, 9.17) is 28.4 Å². The molecule has 0 aliphatic carbocycles. The van der Waals surface area contributed by atoms with E-state index >= 15 is 0 Å². The fraction of sp³-hybridized carbons (Fsp3) is 0.0182. The average molecular weight is 1590 g/mol. The van der Waals surface area contributed by atoms with Gasteiger partial charge in [-0.25, -0.2) is 19.2 Å². The Balaban J connectivity index is 0.000000161. The molecule has 0 spiro atoms. The normalized spacial score (nSPS) is 11.2. The Morgan fingerprint density at radius 1 is 0.213 bits per heavy atom. The van der Waals surface area contributed by atoms with Crippen LogP contribution in [0, 0.1) is 0 Å². The van der Waals surface area contributed by atoms with Crippen molar-refractivity contribution < 1.29 is 57.8 Å². The van der Waals surface area contributed by atoms with Gasteiger partial charge < -0.3 is 38.6 Å². The van der Waals surface area contributed by atoms with Crippen molar-refractivity contribution in [2.45, 2.75) is 0 Å². The molecule has 0 saturated heterocycles. The highest BCUT2D eigenvalue weighted by molar-refractivity contribution is 6.17. The van der Waals surface area contributed by atoms with Gasteiger partial charge in [-0.15, -0.1) is 0 Å². The first-order chi connectivity index (χ1) is 60.0. The van der Waals surface area contributed by atoms with Crippen molar-refractivity contribution in [3.63, 3.8) is 0 Å². The van der Waals surface area contributed by atoms with Gasteiger partial charge in [-0.1, -0.05) is 340 Å². The van der Waals surface area contributed by atoms with E-state index in [0.29, 0.717) is 89.4 Å². The standard InChI is InChI=1S/C56H38O6.C54H34O6/c1-59-55(57)47-33-45(35-17-5-3-6-18-35)53(43-27-15-13-25-41(43)47)61-49-31-29-37-21-9-11-23-39(37)51(49)52-40-24-12-10-22-38(40)30-32-50(52)62-54-44-28-16-14-26-42(44)48(56(58)60-2)34-46(54)36-19-7-4-8-20-36;55-53(56)49-41-25-13-9-21-37(41)31-43(33-15-3-1-4-16-33)51(49)59-45-29-27-35-19-7-11-23-39(35)47(45)48-40-24-12-8-20-36(40)28-30-46(48)60-52-44(34-17-5-2-6-18-34)32-38-22-10-14-26-42(38)50(52)54(57)58/h3-34H,1-2H3;1-32H,(H,55,56)(H,57,58). The van der Waals surface area contributed by atoms with Crippen molar-refractivity contribution in [3.05, 3.63) is 411 Å². The maximum absolute atomic E-state index is 13.4. The van der Waals surface area contributed by atoms with Crippen molar-refractivity contribution in [3.8, 4) is 113 Å². The lowest BCUT2D eigenvalue weighted by molar-refractivity contribution is 0.0594. The fourth-order valence-electron chi connectivity index (χ4n) is 16.9. The predicted octanol–water partition coefficient (Wildman–Crippen LogP) is 28.7. The number of ether oxygens (including phenoxy) is 6. The molecule has 20 aromatic rings. The summed E-state index contributed by atoms with van der Waals surface area (Å²) >= 11 is 0. The Morgan fingerprint density at radius 3 is 0.705 bits per heavy atom. The molecular weight excluding hydrogens is 1510 g/mol. The van der Waals surface area contributed by atoms with Crippen LogP contribution in [0.25, 0.3) is 153 Å². The summed E-state index contributed by atoms with van der Waals surface area (Å²) in [6.45, 7) is 0. The number of carboxylic acid groups (broad SMARTS) is 2. The van der Waals surface area contributed by atoms with Crippen LogP contribution in [-0.2, 0) is 9.47 Å². The number of aromatic carboxylic acids is 2. The molecule has 0 fully saturated rings. The summed E-state index contributed by atoms with van der Waals surface area (Å²) in [4.78, 5) is 53.5. The SMILES string of the molecule is COC(=O)c1cc(-c2ccccc2)c(Oc2ccc3ccccc3c2-c2c(Oc3c(-c4ccccc4)cc(C(=O)OC)c4ccccc34)ccc3ccccc23)c2ccccc12.O=C(O)c1c(Oc2ccc3ccccc3c2-c2c(Oc3c(-c4ccccc4)cc4ccccc4c3C(=O)O)ccc3ccccc23)c(-c2ccccc2)cc2ccccc12. The first-order valence-corrected chi connectivity index (χ1v) is 39.8. The Morgan fingerprint density at radius 2 is 0.434 bits per heavy atom. The summed E-state index contributed by atoms with van der Waals surface area (Å²) in [5, 5.41) is 34.9. The average Bonchev–Trinajstić information content (AvgIpc) is 0.741. The van der Waals surface area contributed by atoms with Crippen LogP contribution < -0.4 is 18.9 Å². The van der Waals surface area contributed by atoms with Crippen LogP contribution in [-0.4, -0.2) is 48.3 Å². The van der Waals surface area contributed by atoms with Crippen molar-refractivity contribution in [2.75, 3.05) is 14.2 Å². The predicted molar refractivity (Wildman–Crippen MR) is 488 cm³/mol. The first kappa shape index (κ1) is 75.6. The number of fused-ring (bicyclic) bond motifs is 8. The monoisotopic (exact) mass is 1580 g/mol. The molecule has 0 radical (unpaired) electrons. The van der Waals surface area contributed by atoms with E-state index < -0.39 is 23.9 Å². The lowest BCUT2D eigenvalue weighted by Crippen LogP contribution is -2.05. The number of carbonyl (C=O) groups is 4. The largest absolute Gasteiger partial charge is 0.478 e. The van der Waals surface area contributed by atoms with Crippen LogP contribution in [0.5, 0.6) is 46.0 Å². The third-order valence-corrected chi connectivity index (χ3v) is 22.5. The lowest BCUT2D eigenvalue weighted by atomic mass is 9.91. The van der Waals surface area contributed by atoms with Crippen LogP contribution >= 0.6 is 0 Å². The second-order valence-electron chi connectivity index (χ2n) is 29.5. The molecule has 0 amide bonds. The van der Waals surface area contributed by atoms with Gasteiger partial charge in [-0.2, -0.15) is 0 Å². The molecular formula is C110H72O12. The summed E-state index contributed by atoms with van der Waals surface area (Å²) in [6, 6.07) is 125. The Bertz CT molecular complexity index is 7130. The summed E-state index contributed by atoms with van der Waals surface area (Å²) in [7, 11) is 2.79. The smallest absolute Gasteiger partial charge is 0.340 e. The summed E-state index contributed by atoms with van der Waals surface area (Å²) in [5.41, 5.74) is 9.99. The maximum atomic E-state index is 13.4. The van der Waals surface area contributed by atoms with Crippen LogP contribution in [0.15, 0.2) is 388 Å². The van der Waals surface area contributed by atoms with Gasteiger partial charge in [-0.3, -0.25) is 0 Å². The van der Waals surface area contributed by atoms with Gasteiger partial charge in [-0.05, 0) is 135 Å². The van der Waals surface area contributed by atoms with E-state index in [2.05, 4.69) is 36.4 Å². The molecule has 0 unspecified atom stereocenters. The summed E-state index contributed by atoms with van der Waals surface area (Å²) in [5.74, 6) is 0.426. The molecule has 20 aromatic carbocycles. The zero-order chi connectivity index (χ0) is 82.9. The minimum atomic E-state index is -1.12. The number of carboxylic acids is 2. The molecule has 12 heteroatoms. The molecule has 0 aliphatic rings. The van der Waals surface area contributed by atoms with E-state index in [9.17, 15) is 29.4 Å². The van der Waals surface area contributed by atoms with Gasteiger partial charge in [0.15, 0.2) is 0 Å². The van der Waals surface area contributed by atoms with Crippen molar-refractivity contribution in [1.29, 1.82) is 0 Å². The van der Waals surface area contributed by atoms with Crippen LogP contribution in [0.4, 0.5) is 0 Å². The second-order valence-corrected chi connectivity index (χ2v) is 29.5. The molecule has 0 aliphatic heterocycles. The first-order valence-electron chi connectivity index (χ1n) is 39.8. The number of methoxy groups -OCH3 is 2. The molecule has 0 aromatic heterocycles. The molecule has 122 heavy (non-hydrogen) atoms. The number of hydrogen-bond donors (Lipinski definition) is 2. The maximum Gasteiger partial charge on any atom is 0.340 e. The molecule has 0 saturated carbocycles. The molecule has 20 rings (SSSR count). The quantitative estimate of drug-likeness (QED) is 0.0783. The fourth-order valence-corrected chi connectivity index (χ4v) is 16.9.